The Morgan fingerprint density at radius 3 is 2.91 bits per heavy atom. The van der Waals surface area contributed by atoms with Crippen molar-refractivity contribution in [1.82, 2.24) is 9.97 Å². The van der Waals surface area contributed by atoms with Gasteiger partial charge in [0.2, 0.25) is 0 Å². The van der Waals surface area contributed by atoms with Crippen LogP contribution in [0, 0.1) is 13.8 Å². The minimum atomic E-state index is 0.880. The molecule has 0 atom stereocenters. The molecular formula is C9H10N2. The van der Waals surface area contributed by atoms with Gasteiger partial charge in [0.15, 0.2) is 0 Å². The lowest BCUT2D eigenvalue weighted by molar-refractivity contribution is 0.956. The number of hydrogen-bond donors (Lipinski definition) is 0. The highest BCUT2D eigenvalue weighted by atomic mass is 14.9. The molecule has 2 nitrogen and oxygen atoms in total. The molecule has 1 heterocycles. The molecule has 0 N–H and O–H groups in total. The van der Waals surface area contributed by atoms with Crippen LogP contribution in [-0.4, -0.2) is 9.97 Å². The van der Waals surface area contributed by atoms with Crippen molar-refractivity contribution in [2.75, 3.05) is 0 Å². The van der Waals surface area contributed by atoms with E-state index in [4.69, 9.17) is 0 Å². The van der Waals surface area contributed by atoms with Crippen LogP contribution in [0.15, 0.2) is 6.08 Å². The van der Waals surface area contributed by atoms with E-state index in [2.05, 4.69) is 22.1 Å². The molecule has 0 aromatic carbocycles. The van der Waals surface area contributed by atoms with Crippen LogP contribution in [0.3, 0.4) is 0 Å². The number of nitrogens with zero attached hydrogens (tertiary/aromatic N) is 2. The summed E-state index contributed by atoms with van der Waals surface area (Å²) in [5, 5.41) is 0. The lowest BCUT2D eigenvalue weighted by Gasteiger charge is -2.01. The van der Waals surface area contributed by atoms with Gasteiger partial charge in [0.05, 0.1) is 5.69 Å². The molecule has 0 saturated carbocycles. The maximum Gasteiger partial charge on any atom is 0.125 e. The van der Waals surface area contributed by atoms with Crippen molar-refractivity contribution in [1.29, 1.82) is 0 Å². The average Bonchev–Trinajstić information content (AvgIpc) is 2.34. The Labute approximate surface area is 66.0 Å². The first-order chi connectivity index (χ1) is 5.27. The predicted octanol–water partition coefficient (Wildman–Crippen LogP) is 1.66. The van der Waals surface area contributed by atoms with Crippen LogP contribution in [0.2, 0.25) is 0 Å². The van der Waals surface area contributed by atoms with Crippen LogP contribution >= 0.6 is 0 Å². The molecule has 1 aromatic heterocycles. The zero-order chi connectivity index (χ0) is 7.84. The highest BCUT2D eigenvalue weighted by Gasteiger charge is 2.09. The van der Waals surface area contributed by atoms with Crippen molar-refractivity contribution in [2.45, 2.75) is 20.3 Å². The molecule has 1 aromatic rings. The zero-order valence-electron chi connectivity index (χ0n) is 6.76. The van der Waals surface area contributed by atoms with Gasteiger partial charge in [0.1, 0.15) is 5.82 Å². The predicted molar refractivity (Wildman–Crippen MR) is 44.2 cm³/mol. The molecule has 56 valence electrons. The summed E-state index contributed by atoms with van der Waals surface area (Å²) in [6, 6.07) is 0. The summed E-state index contributed by atoms with van der Waals surface area (Å²) in [5.74, 6) is 0.880. The maximum absolute atomic E-state index is 4.34. The maximum atomic E-state index is 4.34. The first-order valence-corrected chi connectivity index (χ1v) is 3.78. The van der Waals surface area contributed by atoms with Gasteiger partial charge >= 0.3 is 0 Å². The Hall–Kier alpha value is -1.18. The zero-order valence-corrected chi connectivity index (χ0v) is 6.76. The van der Waals surface area contributed by atoms with Gasteiger partial charge in [-0.05, 0) is 13.8 Å². The quantitative estimate of drug-likeness (QED) is 0.556. The lowest BCUT2D eigenvalue weighted by atomic mass is 10.2. The largest absolute Gasteiger partial charge is 0.238 e. The lowest BCUT2D eigenvalue weighted by Crippen LogP contribution is -1.98. The molecule has 0 saturated heterocycles. The number of aryl methyl sites for hydroxylation is 2. The van der Waals surface area contributed by atoms with Crippen molar-refractivity contribution in [3.05, 3.63) is 28.9 Å². The summed E-state index contributed by atoms with van der Waals surface area (Å²) >= 11 is 0. The number of aromatic nitrogens is 2. The Kier molecular flexibility index (Phi) is 1.28. The molecule has 0 radical (unpaired) electrons. The molecule has 0 amide bonds. The van der Waals surface area contributed by atoms with E-state index in [0.29, 0.717) is 0 Å². The Balaban J connectivity index is 2.67. The van der Waals surface area contributed by atoms with E-state index in [1.807, 2.05) is 13.8 Å². The molecule has 1 aliphatic rings. The number of hydrogen-bond acceptors (Lipinski definition) is 2. The molecule has 0 spiro atoms. The highest BCUT2D eigenvalue weighted by molar-refractivity contribution is 5.59. The SMILES string of the molecule is Cc1nc(C)c2c(n1)CC=C2. The van der Waals surface area contributed by atoms with E-state index in [9.17, 15) is 0 Å². The Bertz CT molecular complexity index is 327. The van der Waals surface area contributed by atoms with Gasteiger partial charge in [-0.1, -0.05) is 12.2 Å². The fourth-order valence-electron chi connectivity index (χ4n) is 1.45. The van der Waals surface area contributed by atoms with E-state index >= 15 is 0 Å². The molecule has 0 unspecified atom stereocenters. The van der Waals surface area contributed by atoms with Crippen LogP contribution in [0.25, 0.3) is 6.08 Å². The normalized spacial score (nSPS) is 13.6. The summed E-state index contributed by atoms with van der Waals surface area (Å²) in [4.78, 5) is 8.62. The summed E-state index contributed by atoms with van der Waals surface area (Å²) < 4.78 is 0. The van der Waals surface area contributed by atoms with Gasteiger partial charge in [-0.3, -0.25) is 0 Å². The smallest absolute Gasteiger partial charge is 0.125 e. The summed E-state index contributed by atoms with van der Waals surface area (Å²) in [7, 11) is 0. The molecule has 11 heavy (non-hydrogen) atoms. The fourth-order valence-corrected chi connectivity index (χ4v) is 1.45. The first kappa shape index (κ1) is 6.53. The first-order valence-electron chi connectivity index (χ1n) is 3.78. The van der Waals surface area contributed by atoms with Crippen molar-refractivity contribution in [3.8, 4) is 0 Å². The van der Waals surface area contributed by atoms with Crippen LogP contribution in [0.4, 0.5) is 0 Å². The second-order valence-electron chi connectivity index (χ2n) is 2.82. The molecule has 0 bridgehead atoms. The third-order valence-corrected chi connectivity index (χ3v) is 1.92. The van der Waals surface area contributed by atoms with Crippen LogP contribution in [-0.2, 0) is 6.42 Å². The van der Waals surface area contributed by atoms with Crippen LogP contribution < -0.4 is 0 Å². The topological polar surface area (TPSA) is 25.8 Å². The van der Waals surface area contributed by atoms with Gasteiger partial charge in [-0.15, -0.1) is 0 Å². The monoisotopic (exact) mass is 146 g/mol. The molecule has 0 aliphatic heterocycles. The number of fused-ring (bicyclic) bond motifs is 1. The standard InChI is InChI=1S/C9H10N2/c1-6-8-4-3-5-9(8)11-7(2)10-6/h3-4H,5H2,1-2H3. The van der Waals surface area contributed by atoms with Gasteiger partial charge in [-0.2, -0.15) is 0 Å². The highest BCUT2D eigenvalue weighted by Crippen LogP contribution is 2.19. The van der Waals surface area contributed by atoms with E-state index in [1.165, 1.54) is 11.3 Å². The van der Waals surface area contributed by atoms with Crippen LogP contribution in [0.1, 0.15) is 22.8 Å². The van der Waals surface area contributed by atoms with E-state index < -0.39 is 0 Å². The van der Waals surface area contributed by atoms with Crippen LogP contribution in [0.5, 0.6) is 0 Å². The summed E-state index contributed by atoms with van der Waals surface area (Å²) in [5.41, 5.74) is 3.49. The van der Waals surface area contributed by atoms with E-state index in [1.54, 1.807) is 0 Å². The van der Waals surface area contributed by atoms with Gasteiger partial charge in [0.25, 0.3) is 0 Å². The summed E-state index contributed by atoms with van der Waals surface area (Å²) in [6.45, 7) is 3.97. The van der Waals surface area contributed by atoms with Crippen molar-refractivity contribution < 1.29 is 0 Å². The second kappa shape index (κ2) is 2.16. The minimum absolute atomic E-state index is 0.880. The Morgan fingerprint density at radius 1 is 1.27 bits per heavy atom. The van der Waals surface area contributed by atoms with Crippen molar-refractivity contribution in [3.63, 3.8) is 0 Å². The third-order valence-electron chi connectivity index (χ3n) is 1.92. The van der Waals surface area contributed by atoms with Crippen molar-refractivity contribution in [2.24, 2.45) is 0 Å². The number of rotatable bonds is 0. The van der Waals surface area contributed by atoms with Gasteiger partial charge in [0, 0.05) is 17.7 Å². The average molecular weight is 146 g/mol. The molecule has 1 aliphatic carbocycles. The third kappa shape index (κ3) is 0.946. The Morgan fingerprint density at radius 2 is 2.09 bits per heavy atom. The second-order valence-corrected chi connectivity index (χ2v) is 2.82. The van der Waals surface area contributed by atoms with E-state index in [0.717, 1.165) is 17.9 Å². The molecule has 2 heteroatoms. The van der Waals surface area contributed by atoms with Gasteiger partial charge in [-0.25, -0.2) is 9.97 Å². The summed E-state index contributed by atoms with van der Waals surface area (Å²) in [6.07, 6.45) is 5.20. The molecule has 0 fully saturated rings. The van der Waals surface area contributed by atoms with Gasteiger partial charge < -0.3 is 0 Å². The fraction of sp³-hybridized carbons (Fsp3) is 0.333. The van der Waals surface area contributed by atoms with E-state index in [-0.39, 0.29) is 0 Å². The number of allylic oxidation sites excluding steroid dienone is 1. The van der Waals surface area contributed by atoms with Crippen molar-refractivity contribution >= 4 is 6.08 Å². The molecular weight excluding hydrogens is 136 g/mol. The minimum Gasteiger partial charge on any atom is -0.238 e. The molecule has 2 rings (SSSR count).